The van der Waals surface area contributed by atoms with Gasteiger partial charge in [0.1, 0.15) is 12.3 Å². The Hall–Kier alpha value is -2.61. The standard InChI is InChI=1S/C23H32N4O4/c28-13-12-27(17-7-3-4-8-17)22(30)11-2-1-5-14-31-20-10-6-9-19-18(20)15-26-16-21(29)25-23(26)24-19/h6,9-10,17,28H,1-5,7-8,11-16H2,(H,24,25,29). The smallest absolute Gasteiger partial charge is 0.246 e. The number of fused-ring (bicyclic) bond motifs is 2. The number of guanidine groups is 1. The van der Waals surface area contributed by atoms with Crippen molar-refractivity contribution in [3.05, 3.63) is 23.8 Å². The van der Waals surface area contributed by atoms with Gasteiger partial charge in [0.25, 0.3) is 0 Å². The molecule has 1 saturated heterocycles. The van der Waals surface area contributed by atoms with E-state index >= 15 is 0 Å². The van der Waals surface area contributed by atoms with E-state index in [0.717, 1.165) is 49.1 Å². The van der Waals surface area contributed by atoms with E-state index < -0.39 is 0 Å². The van der Waals surface area contributed by atoms with Gasteiger partial charge < -0.3 is 19.6 Å². The predicted octanol–water partition coefficient (Wildman–Crippen LogP) is 2.32. The summed E-state index contributed by atoms with van der Waals surface area (Å²) in [6.07, 6.45) is 7.64. The van der Waals surface area contributed by atoms with Crippen molar-refractivity contribution in [1.29, 1.82) is 0 Å². The average Bonchev–Trinajstić information content (AvgIpc) is 3.41. The molecule has 0 bridgehead atoms. The van der Waals surface area contributed by atoms with E-state index in [4.69, 9.17) is 4.74 Å². The number of amides is 2. The van der Waals surface area contributed by atoms with Crippen molar-refractivity contribution in [2.24, 2.45) is 4.99 Å². The first-order valence-corrected chi connectivity index (χ1v) is 11.4. The second kappa shape index (κ2) is 10.1. The maximum Gasteiger partial charge on any atom is 0.246 e. The fourth-order valence-corrected chi connectivity index (χ4v) is 4.69. The number of unbranched alkanes of at least 4 members (excludes halogenated alkanes) is 2. The van der Waals surface area contributed by atoms with Gasteiger partial charge in [-0.25, -0.2) is 4.99 Å². The zero-order valence-corrected chi connectivity index (χ0v) is 18.0. The van der Waals surface area contributed by atoms with Gasteiger partial charge in [-0.3, -0.25) is 14.9 Å². The van der Waals surface area contributed by atoms with Gasteiger partial charge in [-0.05, 0) is 44.2 Å². The van der Waals surface area contributed by atoms with Crippen molar-refractivity contribution >= 4 is 23.5 Å². The molecular formula is C23H32N4O4. The molecule has 1 aromatic rings. The van der Waals surface area contributed by atoms with Gasteiger partial charge in [0.05, 0.1) is 25.4 Å². The highest BCUT2D eigenvalue weighted by atomic mass is 16.5. The Balaban J connectivity index is 1.20. The fraction of sp³-hybridized carbons (Fsp3) is 0.609. The number of nitrogens with zero attached hydrogens (tertiary/aromatic N) is 3. The van der Waals surface area contributed by atoms with Gasteiger partial charge >= 0.3 is 0 Å². The second-order valence-corrected chi connectivity index (χ2v) is 8.50. The molecule has 31 heavy (non-hydrogen) atoms. The number of rotatable bonds is 10. The average molecular weight is 429 g/mol. The topological polar surface area (TPSA) is 94.5 Å². The summed E-state index contributed by atoms with van der Waals surface area (Å²) < 4.78 is 6.02. The molecule has 2 N–H and O–H groups in total. The van der Waals surface area contributed by atoms with Crippen LogP contribution >= 0.6 is 0 Å². The SMILES string of the molecule is O=C1CN2Cc3c(cccc3OCCCCCC(=O)N(CCO)C3CCCC3)N=C2N1. The maximum absolute atomic E-state index is 12.6. The highest BCUT2D eigenvalue weighted by molar-refractivity contribution is 6.05. The third-order valence-electron chi connectivity index (χ3n) is 6.29. The van der Waals surface area contributed by atoms with Crippen LogP contribution in [0.1, 0.15) is 56.9 Å². The molecule has 0 radical (unpaired) electrons. The summed E-state index contributed by atoms with van der Waals surface area (Å²) in [6, 6.07) is 6.12. The number of nitrogens with one attached hydrogen (secondary N) is 1. The van der Waals surface area contributed by atoms with Crippen molar-refractivity contribution in [2.45, 2.75) is 64.0 Å². The summed E-state index contributed by atoms with van der Waals surface area (Å²) in [5.74, 6) is 1.56. The Morgan fingerprint density at radius 1 is 1.23 bits per heavy atom. The number of aliphatic hydroxyl groups is 1. The Morgan fingerprint density at radius 2 is 2.06 bits per heavy atom. The number of carbonyl (C=O) groups excluding carboxylic acids is 2. The lowest BCUT2D eigenvalue weighted by Crippen LogP contribution is -2.40. The van der Waals surface area contributed by atoms with E-state index in [2.05, 4.69) is 10.3 Å². The lowest BCUT2D eigenvalue weighted by Gasteiger charge is -2.28. The molecule has 168 valence electrons. The van der Waals surface area contributed by atoms with Gasteiger partial charge in [-0.15, -0.1) is 0 Å². The number of ether oxygens (including phenoxy) is 1. The first-order chi connectivity index (χ1) is 15.2. The van der Waals surface area contributed by atoms with E-state index in [1.165, 1.54) is 12.8 Å². The predicted molar refractivity (Wildman–Crippen MR) is 117 cm³/mol. The Labute approximate surface area is 183 Å². The van der Waals surface area contributed by atoms with E-state index in [9.17, 15) is 14.7 Å². The maximum atomic E-state index is 12.6. The molecule has 2 amide bonds. The molecule has 1 aliphatic carbocycles. The zero-order valence-electron chi connectivity index (χ0n) is 18.0. The van der Waals surface area contributed by atoms with E-state index in [-0.39, 0.29) is 18.4 Å². The molecule has 2 fully saturated rings. The lowest BCUT2D eigenvalue weighted by atomic mass is 10.1. The Kier molecular flexibility index (Phi) is 7.06. The zero-order chi connectivity index (χ0) is 21.6. The lowest BCUT2D eigenvalue weighted by molar-refractivity contribution is -0.134. The van der Waals surface area contributed by atoms with Crippen molar-refractivity contribution in [3.63, 3.8) is 0 Å². The van der Waals surface area contributed by atoms with E-state index in [1.54, 1.807) is 0 Å². The van der Waals surface area contributed by atoms with Crippen molar-refractivity contribution in [1.82, 2.24) is 15.1 Å². The van der Waals surface area contributed by atoms with E-state index in [0.29, 0.717) is 44.7 Å². The molecule has 8 heteroatoms. The van der Waals surface area contributed by atoms with Crippen LogP contribution in [-0.2, 0) is 16.1 Å². The van der Waals surface area contributed by atoms with Crippen LogP contribution in [0.2, 0.25) is 0 Å². The van der Waals surface area contributed by atoms with Crippen LogP contribution in [0.5, 0.6) is 5.75 Å². The summed E-state index contributed by atoms with van der Waals surface area (Å²) in [7, 11) is 0. The number of aliphatic hydroxyl groups excluding tert-OH is 1. The Bertz CT molecular complexity index is 835. The summed E-state index contributed by atoms with van der Waals surface area (Å²) in [5.41, 5.74) is 1.85. The normalized spacial score (nSPS) is 17.8. The number of hydrogen-bond donors (Lipinski definition) is 2. The van der Waals surface area contributed by atoms with Gasteiger partial charge in [-0.2, -0.15) is 0 Å². The number of benzene rings is 1. The molecule has 4 rings (SSSR count). The van der Waals surface area contributed by atoms with Crippen LogP contribution in [-0.4, -0.2) is 65.0 Å². The molecule has 1 saturated carbocycles. The quantitative estimate of drug-likeness (QED) is 0.558. The summed E-state index contributed by atoms with van der Waals surface area (Å²) in [5, 5.41) is 12.1. The summed E-state index contributed by atoms with van der Waals surface area (Å²) in [6.45, 7) is 2.01. The molecule has 1 aromatic carbocycles. The second-order valence-electron chi connectivity index (χ2n) is 8.50. The number of aliphatic imine (C=N–C) groups is 1. The minimum atomic E-state index is -0.0333. The van der Waals surface area contributed by atoms with Gasteiger partial charge in [0.15, 0.2) is 0 Å². The molecule has 8 nitrogen and oxygen atoms in total. The monoisotopic (exact) mass is 428 g/mol. The summed E-state index contributed by atoms with van der Waals surface area (Å²) in [4.78, 5) is 32.5. The first kappa shape index (κ1) is 21.6. The minimum Gasteiger partial charge on any atom is -0.493 e. The van der Waals surface area contributed by atoms with Crippen LogP contribution < -0.4 is 10.1 Å². The highest BCUT2D eigenvalue weighted by Crippen LogP contribution is 2.34. The van der Waals surface area contributed by atoms with Gasteiger partial charge in [-0.1, -0.05) is 18.9 Å². The van der Waals surface area contributed by atoms with Crippen LogP contribution in [0, 0.1) is 0 Å². The van der Waals surface area contributed by atoms with Crippen LogP contribution in [0.25, 0.3) is 0 Å². The number of carbonyl (C=O) groups is 2. The minimum absolute atomic E-state index is 0.0324. The van der Waals surface area contributed by atoms with Crippen molar-refractivity contribution in [2.75, 3.05) is 26.3 Å². The fourth-order valence-electron chi connectivity index (χ4n) is 4.69. The van der Waals surface area contributed by atoms with Gasteiger partial charge in [0.2, 0.25) is 17.8 Å². The third-order valence-corrected chi connectivity index (χ3v) is 6.29. The molecule has 0 unspecified atom stereocenters. The summed E-state index contributed by atoms with van der Waals surface area (Å²) >= 11 is 0. The molecule has 3 aliphatic rings. The number of hydrogen-bond acceptors (Lipinski definition) is 6. The molecule has 0 aromatic heterocycles. The van der Waals surface area contributed by atoms with Crippen molar-refractivity contribution in [3.8, 4) is 5.75 Å². The molecule has 2 heterocycles. The Morgan fingerprint density at radius 3 is 2.87 bits per heavy atom. The van der Waals surface area contributed by atoms with E-state index in [1.807, 2.05) is 28.0 Å². The van der Waals surface area contributed by atoms with Crippen molar-refractivity contribution < 1.29 is 19.4 Å². The largest absolute Gasteiger partial charge is 0.493 e. The highest BCUT2D eigenvalue weighted by Gasteiger charge is 2.30. The van der Waals surface area contributed by atoms with Gasteiger partial charge in [0, 0.05) is 24.6 Å². The molecule has 0 spiro atoms. The molecular weight excluding hydrogens is 396 g/mol. The molecule has 2 aliphatic heterocycles. The first-order valence-electron chi connectivity index (χ1n) is 11.4. The van der Waals surface area contributed by atoms with Crippen LogP contribution in [0.4, 0.5) is 5.69 Å². The van der Waals surface area contributed by atoms with Crippen LogP contribution in [0.15, 0.2) is 23.2 Å². The van der Waals surface area contributed by atoms with Crippen LogP contribution in [0.3, 0.4) is 0 Å². The third kappa shape index (κ3) is 5.18. The molecule has 0 atom stereocenters.